The lowest BCUT2D eigenvalue weighted by Crippen LogP contribution is -2.31. The maximum Gasteiger partial charge on any atom is 0.228 e. The number of hydrogen-bond donors (Lipinski definition) is 0. The minimum atomic E-state index is 0.0636. The van der Waals surface area contributed by atoms with Crippen LogP contribution < -0.4 is 4.90 Å². The number of aryl methyl sites for hydroxylation is 2. The Morgan fingerprint density at radius 2 is 2.10 bits per heavy atom. The fourth-order valence-corrected chi connectivity index (χ4v) is 2.39. The van der Waals surface area contributed by atoms with E-state index in [4.69, 9.17) is 0 Å². The number of nitrogens with zero attached hydrogens (tertiary/aromatic N) is 2. The number of anilines is 1. The Kier molecular flexibility index (Phi) is 4.93. The molecule has 4 nitrogen and oxygen atoms in total. The first-order valence-corrected chi connectivity index (χ1v) is 7.13. The summed E-state index contributed by atoms with van der Waals surface area (Å²) >= 11 is 0. The van der Waals surface area contributed by atoms with Crippen LogP contribution in [0.4, 0.5) is 5.69 Å². The van der Waals surface area contributed by atoms with E-state index in [1.165, 1.54) is 0 Å². The van der Waals surface area contributed by atoms with E-state index in [1.807, 2.05) is 50.4 Å². The largest absolute Gasteiger partial charge is 0.345 e. The third-order valence-corrected chi connectivity index (χ3v) is 3.48. The van der Waals surface area contributed by atoms with E-state index in [2.05, 4.69) is 0 Å². The van der Waals surface area contributed by atoms with Crippen molar-refractivity contribution in [2.75, 3.05) is 11.4 Å². The van der Waals surface area contributed by atoms with Gasteiger partial charge in [-0.25, -0.2) is 0 Å². The first kappa shape index (κ1) is 15.0. The molecule has 0 spiro atoms. The highest BCUT2D eigenvalue weighted by atomic mass is 16.2. The van der Waals surface area contributed by atoms with Crippen LogP contribution in [0, 0.1) is 6.92 Å². The highest BCUT2D eigenvalue weighted by Gasteiger charge is 2.14. The fraction of sp³-hybridized carbons (Fsp3) is 0.294. The van der Waals surface area contributed by atoms with E-state index in [0.29, 0.717) is 25.2 Å². The van der Waals surface area contributed by atoms with Crippen molar-refractivity contribution in [2.45, 2.75) is 26.8 Å². The topological polar surface area (TPSA) is 42.3 Å². The molecule has 0 fully saturated rings. The number of carbonyl (C=O) groups is 2. The van der Waals surface area contributed by atoms with E-state index >= 15 is 0 Å². The zero-order valence-electron chi connectivity index (χ0n) is 12.5. The molecule has 1 aromatic carbocycles. The minimum absolute atomic E-state index is 0.0636. The normalized spacial score (nSPS) is 10.4. The molecule has 2 rings (SSSR count). The minimum Gasteiger partial charge on any atom is -0.345 e. The predicted octanol–water partition coefficient (Wildman–Crippen LogP) is 3.05. The van der Waals surface area contributed by atoms with Crippen molar-refractivity contribution < 1.29 is 9.59 Å². The van der Waals surface area contributed by atoms with Crippen LogP contribution in [0.3, 0.4) is 0 Å². The summed E-state index contributed by atoms with van der Waals surface area (Å²) in [7, 11) is 0. The first-order valence-electron chi connectivity index (χ1n) is 7.13. The molecule has 110 valence electrons. The van der Waals surface area contributed by atoms with Crippen molar-refractivity contribution >= 4 is 17.9 Å². The van der Waals surface area contributed by atoms with Crippen LogP contribution in [0.25, 0.3) is 0 Å². The summed E-state index contributed by atoms with van der Waals surface area (Å²) in [4.78, 5) is 25.0. The molecule has 0 aliphatic carbocycles. The van der Waals surface area contributed by atoms with Crippen LogP contribution in [-0.2, 0) is 11.3 Å². The number of hydrogen-bond acceptors (Lipinski definition) is 2. The van der Waals surface area contributed by atoms with Crippen LogP contribution in [0.5, 0.6) is 0 Å². The Morgan fingerprint density at radius 1 is 1.29 bits per heavy atom. The van der Waals surface area contributed by atoms with Gasteiger partial charge in [-0.3, -0.25) is 9.59 Å². The van der Waals surface area contributed by atoms with Crippen molar-refractivity contribution in [1.29, 1.82) is 0 Å². The Bertz CT molecular complexity index is 631. The summed E-state index contributed by atoms with van der Waals surface area (Å²) < 4.78 is 1.80. The molecule has 21 heavy (non-hydrogen) atoms. The lowest BCUT2D eigenvalue weighted by atomic mass is 10.2. The van der Waals surface area contributed by atoms with Gasteiger partial charge in [-0.05, 0) is 43.7 Å². The Balaban J connectivity index is 2.05. The van der Waals surface area contributed by atoms with E-state index in [9.17, 15) is 9.59 Å². The summed E-state index contributed by atoms with van der Waals surface area (Å²) in [5.74, 6) is 0.0636. The summed E-state index contributed by atoms with van der Waals surface area (Å²) in [6, 6.07) is 11.5. The number of rotatable bonds is 6. The molecule has 0 aliphatic heterocycles. The van der Waals surface area contributed by atoms with Crippen LogP contribution in [0.2, 0.25) is 0 Å². The highest BCUT2D eigenvalue weighted by molar-refractivity contribution is 5.93. The molecule has 0 bridgehead atoms. The smallest absolute Gasteiger partial charge is 0.228 e. The number of aromatic nitrogens is 1. The van der Waals surface area contributed by atoms with Crippen molar-refractivity contribution in [3.63, 3.8) is 0 Å². The molecule has 1 aromatic heterocycles. The third-order valence-electron chi connectivity index (χ3n) is 3.48. The van der Waals surface area contributed by atoms with Crippen LogP contribution in [0.1, 0.15) is 29.4 Å². The summed E-state index contributed by atoms with van der Waals surface area (Å²) in [5.41, 5.74) is 2.65. The molecular formula is C17H20N2O2. The number of carbonyl (C=O) groups excluding carboxylic acids is 2. The van der Waals surface area contributed by atoms with Gasteiger partial charge in [0.1, 0.15) is 0 Å². The molecule has 1 heterocycles. The second kappa shape index (κ2) is 6.88. The molecule has 0 aliphatic rings. The van der Waals surface area contributed by atoms with Crippen molar-refractivity contribution in [3.05, 3.63) is 53.9 Å². The number of benzene rings is 1. The van der Waals surface area contributed by atoms with Gasteiger partial charge in [0.05, 0.1) is 5.69 Å². The Hall–Kier alpha value is -2.36. The van der Waals surface area contributed by atoms with E-state index in [0.717, 1.165) is 17.5 Å². The number of amides is 1. The zero-order valence-corrected chi connectivity index (χ0v) is 12.5. The van der Waals surface area contributed by atoms with E-state index < -0.39 is 0 Å². The van der Waals surface area contributed by atoms with Crippen molar-refractivity contribution in [1.82, 2.24) is 4.57 Å². The first-order chi connectivity index (χ1) is 10.2. The molecule has 0 N–H and O–H groups in total. The van der Waals surface area contributed by atoms with Gasteiger partial charge >= 0.3 is 0 Å². The van der Waals surface area contributed by atoms with Gasteiger partial charge in [-0.15, -0.1) is 0 Å². The Labute approximate surface area is 125 Å². The molecule has 1 amide bonds. The van der Waals surface area contributed by atoms with Gasteiger partial charge in [0, 0.05) is 31.4 Å². The van der Waals surface area contributed by atoms with Gasteiger partial charge in [-0.1, -0.05) is 12.1 Å². The molecule has 0 atom stereocenters. The van der Waals surface area contributed by atoms with Crippen LogP contribution in [0.15, 0.2) is 42.6 Å². The molecule has 0 unspecified atom stereocenters. The fourth-order valence-electron chi connectivity index (χ4n) is 2.39. The zero-order chi connectivity index (χ0) is 15.2. The maximum absolute atomic E-state index is 12.4. The lowest BCUT2D eigenvalue weighted by Gasteiger charge is -2.21. The second-order valence-corrected chi connectivity index (χ2v) is 4.97. The summed E-state index contributed by atoms with van der Waals surface area (Å²) in [6.07, 6.45) is 3.00. The monoisotopic (exact) mass is 284 g/mol. The average Bonchev–Trinajstić information content (AvgIpc) is 2.93. The summed E-state index contributed by atoms with van der Waals surface area (Å²) in [6.45, 7) is 5.13. The molecule has 2 aromatic rings. The van der Waals surface area contributed by atoms with Gasteiger partial charge in [0.25, 0.3) is 0 Å². The van der Waals surface area contributed by atoms with Crippen molar-refractivity contribution in [3.8, 4) is 0 Å². The number of aldehydes is 1. The second-order valence-electron chi connectivity index (χ2n) is 4.97. The molecule has 0 saturated heterocycles. The van der Waals surface area contributed by atoms with Gasteiger partial charge in [-0.2, -0.15) is 0 Å². The van der Waals surface area contributed by atoms with Crippen molar-refractivity contribution in [2.24, 2.45) is 0 Å². The standard InChI is InChI=1S/C17H20N2O2/c1-3-19(15-7-4-6-14(2)12-15)17(21)9-11-18-10-5-8-16(18)13-20/h4-8,10,12-13H,3,9,11H2,1-2H3. The van der Waals surface area contributed by atoms with E-state index in [-0.39, 0.29) is 5.91 Å². The van der Waals surface area contributed by atoms with Gasteiger partial charge in [0.2, 0.25) is 5.91 Å². The summed E-state index contributed by atoms with van der Waals surface area (Å²) in [5, 5.41) is 0. The molecule has 4 heteroatoms. The average molecular weight is 284 g/mol. The quantitative estimate of drug-likeness (QED) is 0.765. The molecule has 0 radical (unpaired) electrons. The van der Waals surface area contributed by atoms with Crippen LogP contribution >= 0.6 is 0 Å². The predicted molar refractivity (Wildman–Crippen MR) is 83.6 cm³/mol. The van der Waals surface area contributed by atoms with E-state index in [1.54, 1.807) is 15.5 Å². The highest BCUT2D eigenvalue weighted by Crippen LogP contribution is 2.17. The Morgan fingerprint density at radius 3 is 2.76 bits per heavy atom. The maximum atomic E-state index is 12.4. The SMILES string of the molecule is CCN(C(=O)CCn1cccc1C=O)c1cccc(C)c1. The van der Waals surface area contributed by atoms with Crippen LogP contribution in [-0.4, -0.2) is 23.3 Å². The lowest BCUT2D eigenvalue weighted by molar-refractivity contribution is -0.118. The van der Waals surface area contributed by atoms with Gasteiger partial charge < -0.3 is 9.47 Å². The molecular weight excluding hydrogens is 264 g/mol. The third kappa shape index (κ3) is 3.60. The van der Waals surface area contributed by atoms with Gasteiger partial charge in [0.15, 0.2) is 6.29 Å². The molecule has 0 saturated carbocycles.